The van der Waals surface area contributed by atoms with Crippen molar-refractivity contribution in [2.24, 2.45) is 11.8 Å². The van der Waals surface area contributed by atoms with Gasteiger partial charge in [0.05, 0.1) is 36.3 Å². The zero-order valence-electron chi connectivity index (χ0n) is 20.4. The lowest BCUT2D eigenvalue weighted by atomic mass is 10.1. The molecule has 3 aliphatic rings. The molecule has 8 heteroatoms. The fourth-order valence-corrected chi connectivity index (χ4v) is 4.72. The second-order valence-corrected chi connectivity index (χ2v) is 10.7. The number of carbonyl (C=O) groups is 2. The third kappa shape index (κ3) is 6.88. The summed E-state index contributed by atoms with van der Waals surface area (Å²) in [5.74, 6) is -0.0878. The van der Waals surface area contributed by atoms with Gasteiger partial charge in [-0.25, -0.2) is 0 Å². The van der Waals surface area contributed by atoms with Crippen molar-refractivity contribution >= 4 is 11.8 Å². The van der Waals surface area contributed by atoms with E-state index in [4.69, 9.17) is 9.47 Å². The lowest BCUT2D eigenvalue weighted by Crippen LogP contribution is -2.50. The summed E-state index contributed by atoms with van der Waals surface area (Å²) in [5, 5.41) is 0. The molecule has 2 atom stereocenters. The van der Waals surface area contributed by atoms with E-state index in [2.05, 4.69) is 37.5 Å². The molecule has 0 radical (unpaired) electrons. The molecular formula is C23H42N4O4. The number of ether oxygens (including phenoxy) is 2. The Kier molecular flexibility index (Phi) is 7.66. The molecule has 3 rings (SSSR count). The topological polar surface area (TPSA) is 65.6 Å². The molecule has 178 valence electrons. The van der Waals surface area contributed by atoms with Crippen LogP contribution in [0.2, 0.25) is 0 Å². The Morgan fingerprint density at radius 1 is 0.806 bits per heavy atom. The van der Waals surface area contributed by atoms with Crippen LogP contribution >= 0.6 is 0 Å². The van der Waals surface area contributed by atoms with Gasteiger partial charge < -0.3 is 19.3 Å². The van der Waals surface area contributed by atoms with E-state index in [1.54, 1.807) is 9.80 Å². The monoisotopic (exact) mass is 438 g/mol. The van der Waals surface area contributed by atoms with Gasteiger partial charge in [0, 0.05) is 66.5 Å². The molecule has 31 heavy (non-hydrogen) atoms. The molecule has 0 bridgehead atoms. The van der Waals surface area contributed by atoms with Crippen molar-refractivity contribution in [1.29, 1.82) is 0 Å². The molecule has 3 fully saturated rings. The van der Waals surface area contributed by atoms with Gasteiger partial charge in [0.25, 0.3) is 0 Å². The minimum absolute atomic E-state index is 0.106. The van der Waals surface area contributed by atoms with Crippen LogP contribution in [0.1, 0.15) is 34.1 Å². The summed E-state index contributed by atoms with van der Waals surface area (Å²) in [6, 6.07) is 0. The summed E-state index contributed by atoms with van der Waals surface area (Å²) >= 11 is 0. The molecule has 0 aromatic rings. The normalized spacial score (nSPS) is 28.2. The van der Waals surface area contributed by atoms with Gasteiger partial charge in [0.15, 0.2) is 0 Å². The molecular weight excluding hydrogens is 396 g/mol. The van der Waals surface area contributed by atoms with Crippen molar-refractivity contribution in [3.63, 3.8) is 0 Å². The molecule has 1 aliphatic carbocycles. The van der Waals surface area contributed by atoms with Crippen molar-refractivity contribution in [2.45, 2.75) is 45.3 Å². The summed E-state index contributed by atoms with van der Waals surface area (Å²) in [6.07, 6.45) is 0.682. The van der Waals surface area contributed by atoms with Gasteiger partial charge in [-0.05, 0) is 34.1 Å². The first-order chi connectivity index (χ1) is 14.5. The van der Waals surface area contributed by atoms with Gasteiger partial charge in [-0.15, -0.1) is 0 Å². The number of morpholine rings is 2. The van der Waals surface area contributed by atoms with E-state index in [1.165, 1.54) is 0 Å². The second-order valence-electron chi connectivity index (χ2n) is 10.7. The van der Waals surface area contributed by atoms with E-state index < -0.39 is 0 Å². The van der Waals surface area contributed by atoms with E-state index in [-0.39, 0.29) is 34.9 Å². The standard InChI is InChI=1S/C23H42N4O4/c1-22(2)16-26(11-13-30-22)9-7-24(5)20(28)18-15-19(18)21(29)25(6)8-10-27-12-14-31-23(3,4)17-27/h18-19H,7-17H2,1-6H3. The Hall–Kier alpha value is -1.22. The summed E-state index contributed by atoms with van der Waals surface area (Å²) in [7, 11) is 3.72. The molecule has 2 aliphatic heterocycles. The number of likely N-dealkylation sites (N-methyl/N-ethyl adjacent to an activating group) is 2. The maximum absolute atomic E-state index is 12.8. The van der Waals surface area contributed by atoms with Crippen LogP contribution in [-0.2, 0) is 19.1 Å². The van der Waals surface area contributed by atoms with Gasteiger partial charge >= 0.3 is 0 Å². The summed E-state index contributed by atoms with van der Waals surface area (Å²) < 4.78 is 11.5. The lowest BCUT2D eigenvalue weighted by Gasteiger charge is -2.38. The second kappa shape index (κ2) is 9.73. The van der Waals surface area contributed by atoms with Crippen molar-refractivity contribution in [1.82, 2.24) is 19.6 Å². The number of rotatable bonds is 8. The van der Waals surface area contributed by atoms with E-state index in [0.29, 0.717) is 19.5 Å². The van der Waals surface area contributed by atoms with Crippen LogP contribution < -0.4 is 0 Å². The van der Waals surface area contributed by atoms with E-state index in [9.17, 15) is 9.59 Å². The van der Waals surface area contributed by atoms with Gasteiger partial charge in [-0.3, -0.25) is 19.4 Å². The predicted molar refractivity (Wildman–Crippen MR) is 120 cm³/mol. The number of carbonyl (C=O) groups excluding carboxylic acids is 2. The van der Waals surface area contributed by atoms with Gasteiger partial charge in [0.1, 0.15) is 0 Å². The first-order valence-corrected chi connectivity index (χ1v) is 11.7. The quantitative estimate of drug-likeness (QED) is 0.558. The summed E-state index contributed by atoms with van der Waals surface area (Å²) in [6.45, 7) is 16.5. The van der Waals surface area contributed by atoms with Crippen molar-refractivity contribution in [2.75, 3.05) is 79.7 Å². The van der Waals surface area contributed by atoms with Gasteiger partial charge in [-0.1, -0.05) is 0 Å². The third-order valence-corrected chi connectivity index (χ3v) is 6.69. The maximum Gasteiger partial charge on any atom is 0.226 e. The van der Waals surface area contributed by atoms with Crippen LogP contribution in [0.3, 0.4) is 0 Å². The largest absolute Gasteiger partial charge is 0.373 e. The fraction of sp³-hybridized carbons (Fsp3) is 0.913. The molecule has 0 spiro atoms. The zero-order chi connectivity index (χ0) is 22.8. The number of amides is 2. The van der Waals surface area contributed by atoms with E-state index in [1.807, 2.05) is 14.1 Å². The van der Waals surface area contributed by atoms with Crippen molar-refractivity contribution in [3.05, 3.63) is 0 Å². The first-order valence-electron chi connectivity index (χ1n) is 11.7. The van der Waals surface area contributed by atoms with Gasteiger partial charge in [-0.2, -0.15) is 0 Å². The number of hydrogen-bond donors (Lipinski definition) is 0. The van der Waals surface area contributed by atoms with Crippen molar-refractivity contribution < 1.29 is 19.1 Å². The minimum atomic E-state index is -0.150. The Labute approximate surface area is 187 Å². The Morgan fingerprint density at radius 3 is 1.55 bits per heavy atom. The van der Waals surface area contributed by atoms with Crippen LogP contribution in [0.15, 0.2) is 0 Å². The molecule has 8 nitrogen and oxygen atoms in total. The highest BCUT2D eigenvalue weighted by atomic mass is 16.5. The van der Waals surface area contributed by atoms with Gasteiger partial charge in [0.2, 0.25) is 11.8 Å². The van der Waals surface area contributed by atoms with Crippen molar-refractivity contribution in [3.8, 4) is 0 Å². The van der Waals surface area contributed by atoms with Crippen LogP contribution in [0.5, 0.6) is 0 Å². The molecule has 0 N–H and O–H groups in total. The van der Waals surface area contributed by atoms with E-state index >= 15 is 0 Å². The average Bonchev–Trinajstić information content (AvgIpc) is 3.48. The average molecular weight is 439 g/mol. The first kappa shape index (κ1) is 24.4. The lowest BCUT2D eigenvalue weighted by molar-refractivity contribution is -0.137. The Morgan fingerprint density at radius 2 is 1.19 bits per heavy atom. The predicted octanol–water partition coefficient (Wildman–Crippen LogP) is 0.761. The molecule has 1 saturated carbocycles. The van der Waals surface area contributed by atoms with Crippen LogP contribution in [-0.4, -0.2) is 122 Å². The fourth-order valence-electron chi connectivity index (χ4n) is 4.72. The zero-order valence-corrected chi connectivity index (χ0v) is 20.4. The highest BCUT2D eigenvalue weighted by Gasteiger charge is 2.50. The Bertz CT molecular complexity index is 599. The number of hydrogen-bond acceptors (Lipinski definition) is 6. The molecule has 2 amide bonds. The minimum Gasteiger partial charge on any atom is -0.373 e. The Balaban J connectivity index is 1.37. The van der Waals surface area contributed by atoms with Crippen LogP contribution in [0, 0.1) is 11.8 Å². The SMILES string of the molecule is CN(CCN1CCOC(C)(C)C1)C(=O)C1CC1C(=O)N(C)CCN1CCOC(C)(C)C1. The molecule has 2 unspecified atom stereocenters. The molecule has 0 aromatic heterocycles. The summed E-state index contributed by atoms with van der Waals surface area (Å²) in [4.78, 5) is 33.9. The van der Waals surface area contributed by atoms with Crippen LogP contribution in [0.25, 0.3) is 0 Å². The smallest absolute Gasteiger partial charge is 0.226 e. The van der Waals surface area contributed by atoms with E-state index in [0.717, 1.165) is 52.5 Å². The molecule has 2 saturated heterocycles. The maximum atomic E-state index is 12.8. The third-order valence-electron chi connectivity index (χ3n) is 6.69. The van der Waals surface area contributed by atoms with Crippen LogP contribution in [0.4, 0.5) is 0 Å². The summed E-state index contributed by atoms with van der Waals surface area (Å²) in [5.41, 5.74) is -0.257. The highest BCUT2D eigenvalue weighted by molar-refractivity contribution is 5.92. The molecule has 2 heterocycles. The highest BCUT2D eigenvalue weighted by Crippen LogP contribution is 2.41. The number of nitrogens with zero attached hydrogens (tertiary/aromatic N) is 4. The molecule has 0 aromatic carbocycles.